The fourth-order valence-corrected chi connectivity index (χ4v) is 4.23. The molecule has 2 rings (SSSR count). The smallest absolute Gasteiger partial charge is 0.0876 e. The Morgan fingerprint density at radius 2 is 1.95 bits per heavy atom. The minimum absolute atomic E-state index is 0.0352. The molecule has 1 N–H and O–H groups in total. The van der Waals surface area contributed by atoms with E-state index in [1.165, 1.54) is 23.3 Å². The quantitative estimate of drug-likeness (QED) is 0.850. The third-order valence-corrected chi connectivity index (χ3v) is 5.66. The van der Waals surface area contributed by atoms with Gasteiger partial charge in [-0.05, 0) is 69.0 Å². The summed E-state index contributed by atoms with van der Waals surface area (Å²) in [4.78, 5) is 1.38. The molecular weight excluding hydrogens is 266 g/mol. The fraction of sp³-hybridized carbons (Fsp3) is 0.765. The van der Waals surface area contributed by atoms with Crippen molar-refractivity contribution in [2.24, 2.45) is 5.41 Å². The molecule has 114 valence electrons. The molecule has 1 fully saturated rings. The van der Waals surface area contributed by atoms with E-state index in [0.29, 0.717) is 11.5 Å². The van der Waals surface area contributed by atoms with Crippen LogP contribution >= 0.6 is 11.3 Å². The third-order valence-electron chi connectivity index (χ3n) is 4.78. The first-order chi connectivity index (χ1) is 9.42. The van der Waals surface area contributed by atoms with Crippen LogP contribution in [0.5, 0.6) is 0 Å². The second kappa shape index (κ2) is 6.17. The number of rotatable bonds is 5. The summed E-state index contributed by atoms with van der Waals surface area (Å²) in [5.74, 6) is 0. The van der Waals surface area contributed by atoms with Crippen LogP contribution in [0, 0.1) is 12.3 Å². The Bertz CT molecular complexity index is 428. The van der Waals surface area contributed by atoms with Crippen molar-refractivity contribution in [2.75, 3.05) is 13.7 Å². The average Bonchev–Trinajstić information content (AvgIpc) is 2.81. The van der Waals surface area contributed by atoms with E-state index in [0.717, 1.165) is 19.4 Å². The van der Waals surface area contributed by atoms with Crippen molar-refractivity contribution in [3.05, 3.63) is 21.9 Å². The van der Waals surface area contributed by atoms with Crippen LogP contribution in [-0.2, 0) is 4.74 Å². The van der Waals surface area contributed by atoms with Crippen molar-refractivity contribution in [3.8, 4) is 0 Å². The van der Waals surface area contributed by atoms with Gasteiger partial charge >= 0.3 is 0 Å². The molecular formula is C17H29NOS. The highest BCUT2D eigenvalue weighted by molar-refractivity contribution is 7.10. The molecule has 2 nitrogen and oxygen atoms in total. The van der Waals surface area contributed by atoms with Gasteiger partial charge in [0.05, 0.1) is 11.6 Å². The molecule has 0 aliphatic heterocycles. The molecule has 1 aliphatic rings. The maximum atomic E-state index is 6.32. The van der Waals surface area contributed by atoms with Crippen molar-refractivity contribution in [3.63, 3.8) is 0 Å². The second-order valence-corrected chi connectivity index (χ2v) is 7.99. The molecule has 0 spiro atoms. The van der Waals surface area contributed by atoms with Gasteiger partial charge in [0.1, 0.15) is 0 Å². The molecule has 1 aliphatic carbocycles. The van der Waals surface area contributed by atoms with Gasteiger partial charge in [0.15, 0.2) is 0 Å². The van der Waals surface area contributed by atoms with E-state index < -0.39 is 0 Å². The van der Waals surface area contributed by atoms with E-state index in [4.69, 9.17) is 4.74 Å². The first-order valence-corrected chi connectivity index (χ1v) is 8.67. The number of thiophene rings is 1. The van der Waals surface area contributed by atoms with Crippen molar-refractivity contribution in [1.29, 1.82) is 0 Å². The minimum Gasteiger partial charge on any atom is -0.373 e. The number of nitrogens with one attached hydrogen (secondary N) is 1. The highest BCUT2D eigenvalue weighted by Crippen LogP contribution is 2.48. The molecule has 1 saturated carbocycles. The summed E-state index contributed by atoms with van der Waals surface area (Å²) < 4.78 is 6.32. The zero-order valence-electron chi connectivity index (χ0n) is 13.6. The number of likely N-dealkylation sites (N-methyl/N-ethyl adjacent to an activating group) is 1. The van der Waals surface area contributed by atoms with Crippen molar-refractivity contribution in [1.82, 2.24) is 5.32 Å². The fourth-order valence-electron chi connectivity index (χ4n) is 3.50. The zero-order chi connectivity index (χ0) is 14.8. The van der Waals surface area contributed by atoms with Gasteiger partial charge in [-0.1, -0.05) is 13.8 Å². The summed E-state index contributed by atoms with van der Waals surface area (Å²) in [6, 6.07) is 2.62. The highest BCUT2D eigenvalue weighted by atomic mass is 32.1. The Labute approximate surface area is 127 Å². The summed E-state index contributed by atoms with van der Waals surface area (Å²) in [6.07, 6.45) is 4.78. The molecule has 1 atom stereocenters. The van der Waals surface area contributed by atoms with Gasteiger partial charge in [-0.2, -0.15) is 0 Å². The molecule has 3 heteroatoms. The normalized spacial score (nSPS) is 22.6. The van der Waals surface area contributed by atoms with Crippen molar-refractivity contribution >= 4 is 11.3 Å². The van der Waals surface area contributed by atoms with Crippen LogP contribution in [0.1, 0.15) is 62.9 Å². The van der Waals surface area contributed by atoms with Gasteiger partial charge in [-0.25, -0.2) is 0 Å². The van der Waals surface area contributed by atoms with Crippen LogP contribution in [0.2, 0.25) is 0 Å². The molecule has 1 heterocycles. The van der Waals surface area contributed by atoms with Crippen LogP contribution in [0.15, 0.2) is 11.4 Å². The van der Waals surface area contributed by atoms with Crippen LogP contribution < -0.4 is 5.32 Å². The van der Waals surface area contributed by atoms with Crippen LogP contribution in [0.25, 0.3) is 0 Å². The largest absolute Gasteiger partial charge is 0.373 e. The highest BCUT2D eigenvalue weighted by Gasteiger charge is 2.45. The summed E-state index contributed by atoms with van der Waals surface area (Å²) in [5, 5.41) is 5.82. The van der Waals surface area contributed by atoms with Crippen LogP contribution in [-0.4, -0.2) is 19.3 Å². The maximum Gasteiger partial charge on any atom is 0.0876 e. The lowest BCUT2D eigenvalue weighted by atomic mass is 9.67. The Kier molecular flexibility index (Phi) is 4.93. The monoisotopic (exact) mass is 295 g/mol. The standard InChI is InChI=1S/C17H29NOS/c1-6-19-17(9-7-16(3,4)8-10-17)15(18-5)14-11-13(2)20-12-14/h11-12,15,18H,6-10H2,1-5H3. The van der Waals surface area contributed by atoms with Gasteiger partial charge in [0.25, 0.3) is 0 Å². The number of hydrogen-bond donors (Lipinski definition) is 1. The lowest BCUT2D eigenvalue weighted by molar-refractivity contribution is -0.106. The third kappa shape index (κ3) is 3.26. The lowest BCUT2D eigenvalue weighted by Gasteiger charge is -2.47. The topological polar surface area (TPSA) is 21.3 Å². The maximum absolute atomic E-state index is 6.32. The predicted molar refractivity (Wildman–Crippen MR) is 87.5 cm³/mol. The SMILES string of the molecule is CCOC1(C(NC)c2csc(C)c2)CCC(C)(C)CC1. The average molecular weight is 295 g/mol. The van der Waals surface area contributed by atoms with E-state index in [2.05, 4.69) is 51.5 Å². The van der Waals surface area contributed by atoms with Gasteiger partial charge in [0, 0.05) is 11.5 Å². The van der Waals surface area contributed by atoms with Crippen molar-refractivity contribution in [2.45, 2.75) is 65.0 Å². The molecule has 1 unspecified atom stereocenters. The van der Waals surface area contributed by atoms with Crippen LogP contribution in [0.3, 0.4) is 0 Å². The second-order valence-electron chi connectivity index (χ2n) is 6.87. The number of aryl methyl sites for hydroxylation is 1. The Morgan fingerprint density at radius 1 is 1.30 bits per heavy atom. The lowest BCUT2D eigenvalue weighted by Crippen LogP contribution is -2.48. The minimum atomic E-state index is -0.0352. The van der Waals surface area contributed by atoms with Gasteiger partial charge in [-0.3, -0.25) is 0 Å². The molecule has 0 amide bonds. The zero-order valence-corrected chi connectivity index (χ0v) is 14.4. The van der Waals surface area contributed by atoms with Crippen molar-refractivity contribution < 1.29 is 4.74 Å². The molecule has 0 bridgehead atoms. The van der Waals surface area contributed by atoms with Gasteiger partial charge < -0.3 is 10.1 Å². The Hall–Kier alpha value is -0.380. The molecule has 0 saturated heterocycles. The van der Waals surface area contributed by atoms with E-state index in [1.807, 2.05) is 11.3 Å². The van der Waals surface area contributed by atoms with Gasteiger partial charge in [-0.15, -0.1) is 11.3 Å². The summed E-state index contributed by atoms with van der Waals surface area (Å²) in [5.41, 5.74) is 1.82. The Balaban J connectivity index is 2.26. The Morgan fingerprint density at radius 3 is 2.40 bits per heavy atom. The summed E-state index contributed by atoms with van der Waals surface area (Å²) >= 11 is 1.83. The summed E-state index contributed by atoms with van der Waals surface area (Å²) in [7, 11) is 2.07. The molecule has 0 radical (unpaired) electrons. The number of hydrogen-bond acceptors (Lipinski definition) is 3. The molecule has 0 aromatic carbocycles. The first kappa shape index (κ1) is 16.0. The molecule has 20 heavy (non-hydrogen) atoms. The number of ether oxygens (including phenoxy) is 1. The van der Waals surface area contributed by atoms with E-state index in [1.54, 1.807) is 0 Å². The summed E-state index contributed by atoms with van der Waals surface area (Å²) in [6.45, 7) is 9.85. The molecule has 1 aromatic heterocycles. The van der Waals surface area contributed by atoms with E-state index >= 15 is 0 Å². The van der Waals surface area contributed by atoms with E-state index in [-0.39, 0.29) is 5.60 Å². The van der Waals surface area contributed by atoms with E-state index in [9.17, 15) is 0 Å². The van der Waals surface area contributed by atoms with Gasteiger partial charge in [0.2, 0.25) is 0 Å². The first-order valence-electron chi connectivity index (χ1n) is 7.79. The molecule has 1 aromatic rings. The van der Waals surface area contributed by atoms with Crippen LogP contribution in [0.4, 0.5) is 0 Å². The predicted octanol–water partition coefficient (Wildman–Crippen LogP) is 4.69.